The zero-order valence-corrected chi connectivity index (χ0v) is 9.03. The van der Waals surface area contributed by atoms with Crippen LogP contribution in [0, 0.1) is 13.8 Å². The van der Waals surface area contributed by atoms with Crippen molar-refractivity contribution in [3.63, 3.8) is 0 Å². The highest BCUT2D eigenvalue weighted by molar-refractivity contribution is 5.33. The van der Waals surface area contributed by atoms with Gasteiger partial charge in [-0.25, -0.2) is 0 Å². The molecule has 84 valence electrons. The molecule has 0 aromatic heterocycles. The molecule has 0 bridgehead atoms. The van der Waals surface area contributed by atoms with Crippen molar-refractivity contribution in [1.82, 2.24) is 0 Å². The zero-order valence-electron chi connectivity index (χ0n) is 9.03. The van der Waals surface area contributed by atoms with Crippen molar-refractivity contribution < 1.29 is 4.74 Å². The minimum atomic E-state index is 0. The Hall–Kier alpha value is -1.76. The van der Waals surface area contributed by atoms with Gasteiger partial charge in [-0.15, -0.1) is 0 Å². The van der Waals surface area contributed by atoms with Crippen LogP contribution >= 0.6 is 0 Å². The number of hydrogen-bond donors (Lipinski definition) is 0. The van der Waals surface area contributed by atoms with Crippen molar-refractivity contribution in [2.24, 2.45) is 0 Å². The van der Waals surface area contributed by atoms with E-state index in [0.717, 1.165) is 11.5 Å². The van der Waals surface area contributed by atoms with E-state index in [4.69, 9.17) is 4.74 Å². The summed E-state index contributed by atoms with van der Waals surface area (Å²) in [5.74, 6) is 1.76. The van der Waals surface area contributed by atoms with Crippen LogP contribution in [0.2, 0.25) is 0 Å². The van der Waals surface area contributed by atoms with E-state index in [1.807, 2.05) is 48.5 Å². The first-order valence-electron chi connectivity index (χ1n) is 5.05. The number of rotatable bonds is 2. The summed E-state index contributed by atoms with van der Waals surface area (Å²) in [5, 5.41) is 0. The molecule has 16 heavy (non-hydrogen) atoms. The van der Waals surface area contributed by atoms with Gasteiger partial charge in [0.1, 0.15) is 11.5 Å². The maximum absolute atomic E-state index is 5.69. The lowest BCUT2D eigenvalue weighted by molar-refractivity contribution is 0.482. The maximum Gasteiger partial charge on any atom is 0.127 e. The quantitative estimate of drug-likeness (QED) is 0.702. The Morgan fingerprint density at radius 1 is 0.625 bits per heavy atom. The maximum atomic E-state index is 5.69. The molecule has 0 saturated carbocycles. The monoisotopic (exact) mass is 214 g/mol. The SMILES string of the molecule is C.Cc1ccc(Oc2ccc(C)cc2)cc1. The van der Waals surface area contributed by atoms with Gasteiger partial charge in [0.2, 0.25) is 0 Å². The molecular weight excluding hydrogens is 196 g/mol. The minimum absolute atomic E-state index is 0. The Kier molecular flexibility index (Phi) is 4.12. The van der Waals surface area contributed by atoms with E-state index in [0.29, 0.717) is 0 Å². The first-order valence-corrected chi connectivity index (χ1v) is 5.05. The standard InChI is InChI=1S/C14H14O.CH4/c1-11-3-7-13(8-4-11)15-14-9-5-12(2)6-10-14;/h3-10H,1-2H3;1H4. The van der Waals surface area contributed by atoms with Crippen LogP contribution in [0.25, 0.3) is 0 Å². The van der Waals surface area contributed by atoms with Crippen LogP contribution in [0.15, 0.2) is 48.5 Å². The van der Waals surface area contributed by atoms with E-state index in [9.17, 15) is 0 Å². The van der Waals surface area contributed by atoms with Gasteiger partial charge in [-0.1, -0.05) is 42.8 Å². The molecular formula is C15H18O. The van der Waals surface area contributed by atoms with Crippen molar-refractivity contribution in [2.75, 3.05) is 0 Å². The predicted octanol–water partition coefficient (Wildman–Crippen LogP) is 4.73. The Balaban J connectivity index is 0.00000128. The zero-order chi connectivity index (χ0) is 10.7. The second-order valence-electron chi connectivity index (χ2n) is 3.73. The fourth-order valence-corrected chi connectivity index (χ4v) is 1.35. The molecule has 0 aliphatic heterocycles. The molecule has 0 radical (unpaired) electrons. The average molecular weight is 214 g/mol. The lowest BCUT2D eigenvalue weighted by atomic mass is 10.2. The van der Waals surface area contributed by atoms with Gasteiger partial charge in [0.25, 0.3) is 0 Å². The van der Waals surface area contributed by atoms with Crippen molar-refractivity contribution in [3.05, 3.63) is 59.7 Å². The lowest BCUT2D eigenvalue weighted by Gasteiger charge is -2.05. The van der Waals surface area contributed by atoms with Crippen LogP contribution in [-0.2, 0) is 0 Å². The Morgan fingerprint density at radius 2 is 0.938 bits per heavy atom. The molecule has 0 atom stereocenters. The molecule has 1 nitrogen and oxygen atoms in total. The van der Waals surface area contributed by atoms with Crippen LogP contribution in [0.5, 0.6) is 11.5 Å². The van der Waals surface area contributed by atoms with Crippen molar-refractivity contribution >= 4 is 0 Å². The first kappa shape index (κ1) is 12.3. The first-order chi connectivity index (χ1) is 7.24. The molecule has 2 aromatic rings. The van der Waals surface area contributed by atoms with Crippen molar-refractivity contribution in [2.45, 2.75) is 21.3 Å². The van der Waals surface area contributed by atoms with E-state index in [-0.39, 0.29) is 7.43 Å². The van der Waals surface area contributed by atoms with Crippen LogP contribution < -0.4 is 4.74 Å². The molecule has 0 aliphatic rings. The topological polar surface area (TPSA) is 9.23 Å². The largest absolute Gasteiger partial charge is 0.457 e. The van der Waals surface area contributed by atoms with Crippen LogP contribution in [0.3, 0.4) is 0 Å². The lowest BCUT2D eigenvalue weighted by Crippen LogP contribution is -1.84. The number of aryl methyl sites for hydroxylation is 2. The highest BCUT2D eigenvalue weighted by Gasteiger charge is 1.95. The highest BCUT2D eigenvalue weighted by atomic mass is 16.5. The van der Waals surface area contributed by atoms with Gasteiger partial charge in [-0.3, -0.25) is 0 Å². The summed E-state index contributed by atoms with van der Waals surface area (Å²) in [6, 6.07) is 16.1. The van der Waals surface area contributed by atoms with Crippen LogP contribution in [0.1, 0.15) is 18.6 Å². The fourth-order valence-electron chi connectivity index (χ4n) is 1.35. The third-order valence-corrected chi connectivity index (χ3v) is 2.28. The van der Waals surface area contributed by atoms with Gasteiger partial charge >= 0.3 is 0 Å². The second kappa shape index (κ2) is 5.36. The highest BCUT2D eigenvalue weighted by Crippen LogP contribution is 2.21. The van der Waals surface area contributed by atoms with E-state index >= 15 is 0 Å². The Morgan fingerprint density at radius 3 is 1.25 bits per heavy atom. The fraction of sp³-hybridized carbons (Fsp3) is 0.200. The molecule has 0 saturated heterocycles. The molecule has 0 fully saturated rings. The summed E-state index contributed by atoms with van der Waals surface area (Å²) < 4.78 is 5.69. The molecule has 0 spiro atoms. The Labute approximate surface area is 97.7 Å². The molecule has 0 amide bonds. The summed E-state index contributed by atoms with van der Waals surface area (Å²) >= 11 is 0. The van der Waals surface area contributed by atoms with Gasteiger partial charge in [0.15, 0.2) is 0 Å². The molecule has 0 heterocycles. The smallest absolute Gasteiger partial charge is 0.127 e. The summed E-state index contributed by atoms with van der Waals surface area (Å²) in [5.41, 5.74) is 2.48. The summed E-state index contributed by atoms with van der Waals surface area (Å²) in [4.78, 5) is 0. The van der Waals surface area contributed by atoms with Gasteiger partial charge in [0.05, 0.1) is 0 Å². The third kappa shape index (κ3) is 3.13. The van der Waals surface area contributed by atoms with E-state index < -0.39 is 0 Å². The molecule has 0 aliphatic carbocycles. The third-order valence-electron chi connectivity index (χ3n) is 2.28. The normalized spacial score (nSPS) is 9.38. The molecule has 0 unspecified atom stereocenters. The minimum Gasteiger partial charge on any atom is -0.457 e. The summed E-state index contributed by atoms with van der Waals surface area (Å²) in [6.07, 6.45) is 0. The summed E-state index contributed by atoms with van der Waals surface area (Å²) in [6.45, 7) is 4.13. The van der Waals surface area contributed by atoms with Gasteiger partial charge in [0, 0.05) is 0 Å². The van der Waals surface area contributed by atoms with Gasteiger partial charge in [-0.05, 0) is 38.1 Å². The van der Waals surface area contributed by atoms with Crippen molar-refractivity contribution in [1.29, 1.82) is 0 Å². The second-order valence-corrected chi connectivity index (χ2v) is 3.73. The summed E-state index contributed by atoms with van der Waals surface area (Å²) in [7, 11) is 0. The number of benzene rings is 2. The van der Waals surface area contributed by atoms with Gasteiger partial charge in [-0.2, -0.15) is 0 Å². The number of ether oxygens (including phenoxy) is 1. The molecule has 0 N–H and O–H groups in total. The average Bonchev–Trinajstić information content (AvgIpc) is 2.25. The predicted molar refractivity (Wildman–Crippen MR) is 69.2 cm³/mol. The van der Waals surface area contributed by atoms with E-state index in [1.54, 1.807) is 0 Å². The van der Waals surface area contributed by atoms with Gasteiger partial charge < -0.3 is 4.74 Å². The van der Waals surface area contributed by atoms with E-state index in [1.165, 1.54) is 11.1 Å². The van der Waals surface area contributed by atoms with Crippen LogP contribution in [0.4, 0.5) is 0 Å². The van der Waals surface area contributed by atoms with Crippen LogP contribution in [-0.4, -0.2) is 0 Å². The Bertz CT molecular complexity index is 382. The van der Waals surface area contributed by atoms with E-state index in [2.05, 4.69) is 13.8 Å². The van der Waals surface area contributed by atoms with Crippen molar-refractivity contribution in [3.8, 4) is 11.5 Å². The molecule has 1 heteroatoms. The molecule has 2 aromatic carbocycles. The molecule has 2 rings (SSSR count). The number of hydrogen-bond acceptors (Lipinski definition) is 1.